The second-order valence-electron chi connectivity index (χ2n) is 16.1. The van der Waals surface area contributed by atoms with Gasteiger partial charge in [-0.15, -0.1) is 0 Å². The minimum Gasteiger partial charge on any atom is -0.462 e. The number of esters is 3. The summed E-state index contributed by atoms with van der Waals surface area (Å²) in [6, 6.07) is 12.3. The average Bonchev–Trinajstić information content (AvgIpc) is 3.89. The number of carbonyl (C=O) groups is 5. The summed E-state index contributed by atoms with van der Waals surface area (Å²) < 4.78 is 29.9. The number of hydrogen-bond acceptors (Lipinski definition) is 14. The molecule has 1 saturated carbocycles. The number of ether oxygens (including phenoxy) is 5. The van der Waals surface area contributed by atoms with Crippen LogP contribution in [0.1, 0.15) is 49.4 Å². The molecule has 298 valence electrons. The highest BCUT2D eigenvalue weighted by atomic mass is 16.8. The zero-order valence-electron chi connectivity index (χ0n) is 31.2. The number of carbonyl (C=O) groups excluding carboxylic acids is 5. The molecule has 2 aliphatic carbocycles. The van der Waals surface area contributed by atoms with Crippen LogP contribution in [0.5, 0.6) is 0 Å². The predicted molar refractivity (Wildman–Crippen MR) is 191 cm³/mol. The summed E-state index contributed by atoms with van der Waals surface area (Å²) >= 11 is 0. The molecule has 0 unspecified atom stereocenters. The van der Waals surface area contributed by atoms with Crippen molar-refractivity contribution in [2.45, 2.75) is 101 Å². The Balaban J connectivity index is 1.08. The molecule has 2 amide bonds. The summed E-state index contributed by atoms with van der Waals surface area (Å²) in [5.74, 6) is -4.53. The topological polar surface area (TPSA) is 208 Å². The van der Waals surface area contributed by atoms with E-state index in [-0.39, 0.29) is 32.7 Å². The van der Waals surface area contributed by atoms with Gasteiger partial charge >= 0.3 is 17.9 Å². The molecule has 4 heterocycles. The van der Waals surface area contributed by atoms with E-state index < -0.39 is 95.0 Å². The maximum atomic E-state index is 14.8. The molecule has 1 spiro atoms. The molecule has 56 heavy (non-hydrogen) atoms. The van der Waals surface area contributed by atoms with Crippen molar-refractivity contribution in [2.24, 2.45) is 10.8 Å². The minimum atomic E-state index is -1.64. The van der Waals surface area contributed by atoms with Crippen LogP contribution in [0.4, 0.5) is 0 Å². The van der Waals surface area contributed by atoms with Crippen molar-refractivity contribution in [1.29, 1.82) is 0 Å². The Morgan fingerprint density at radius 3 is 2.45 bits per heavy atom. The van der Waals surface area contributed by atoms with Gasteiger partial charge in [0.2, 0.25) is 17.9 Å². The molecule has 4 N–H and O–H groups in total. The first kappa shape index (κ1) is 38.2. The van der Waals surface area contributed by atoms with Crippen molar-refractivity contribution < 1.29 is 62.7 Å². The van der Waals surface area contributed by atoms with Crippen LogP contribution in [0.3, 0.4) is 0 Å². The van der Waals surface area contributed by atoms with Gasteiger partial charge in [-0.2, -0.15) is 5.06 Å². The highest BCUT2D eigenvalue weighted by molar-refractivity contribution is 5.96. The van der Waals surface area contributed by atoms with Crippen molar-refractivity contribution >= 4 is 35.8 Å². The molecule has 5 fully saturated rings. The average molecular weight is 776 g/mol. The van der Waals surface area contributed by atoms with Gasteiger partial charge in [-0.05, 0) is 35.3 Å². The number of rotatable bonds is 11. The smallest absolute Gasteiger partial charge is 0.348 e. The van der Waals surface area contributed by atoms with Crippen LogP contribution in [-0.2, 0) is 71.9 Å². The van der Waals surface area contributed by atoms with Crippen LogP contribution in [0.25, 0.3) is 6.08 Å². The second kappa shape index (κ2) is 14.3. The predicted octanol–water partition coefficient (Wildman–Crippen LogP) is 0.248. The molecule has 16 heteroatoms. The van der Waals surface area contributed by atoms with Crippen molar-refractivity contribution in [2.75, 3.05) is 19.8 Å². The lowest BCUT2D eigenvalue weighted by molar-refractivity contribution is -0.217. The van der Waals surface area contributed by atoms with Gasteiger partial charge in [0.05, 0.1) is 19.3 Å². The Hall–Kier alpha value is -4.71. The summed E-state index contributed by atoms with van der Waals surface area (Å²) in [6.45, 7) is 4.60. The fourth-order valence-electron chi connectivity index (χ4n) is 8.96. The number of aliphatic hydroxyl groups is 2. The van der Waals surface area contributed by atoms with Gasteiger partial charge in [0, 0.05) is 37.3 Å². The van der Waals surface area contributed by atoms with E-state index in [2.05, 4.69) is 10.6 Å². The normalized spacial score (nSPS) is 31.7. The number of hydroxylamine groups is 2. The Kier molecular flexibility index (Phi) is 9.78. The van der Waals surface area contributed by atoms with Gasteiger partial charge in [0.1, 0.15) is 42.5 Å². The van der Waals surface area contributed by atoms with E-state index in [1.807, 2.05) is 24.3 Å². The minimum absolute atomic E-state index is 0.00413. The highest BCUT2D eigenvalue weighted by Crippen LogP contribution is 2.58. The number of nitrogens with zero attached hydrogens (tertiary/aromatic N) is 1. The molecular weight excluding hydrogens is 730 g/mol. The number of fused-ring (bicyclic) bond motifs is 5. The quantitative estimate of drug-likeness (QED) is 0.137. The number of hydrogen-bond donors (Lipinski definition) is 4. The number of amides is 2. The summed E-state index contributed by atoms with van der Waals surface area (Å²) in [6.07, 6.45) is -2.29. The van der Waals surface area contributed by atoms with Gasteiger partial charge in [-0.1, -0.05) is 62.4 Å². The fraction of sp³-hybridized carbons (Fsp3) is 0.525. The Labute approximate surface area is 322 Å². The first-order valence-electron chi connectivity index (χ1n) is 18.8. The van der Waals surface area contributed by atoms with E-state index >= 15 is 0 Å². The van der Waals surface area contributed by atoms with Crippen molar-refractivity contribution in [3.8, 4) is 0 Å². The third kappa shape index (κ3) is 6.57. The van der Waals surface area contributed by atoms with E-state index in [0.717, 1.165) is 11.1 Å². The Bertz CT molecular complexity index is 1940. The van der Waals surface area contributed by atoms with Crippen molar-refractivity contribution in [3.05, 3.63) is 76.9 Å². The first-order chi connectivity index (χ1) is 26.7. The van der Waals surface area contributed by atoms with E-state index in [9.17, 15) is 34.2 Å². The number of cyclic esters (lactones) is 1. The number of aliphatic hydroxyl groups excluding tert-OH is 2. The maximum absolute atomic E-state index is 14.8. The van der Waals surface area contributed by atoms with Gasteiger partial charge in [0.15, 0.2) is 11.8 Å². The van der Waals surface area contributed by atoms with Gasteiger partial charge in [0.25, 0.3) is 0 Å². The molecule has 2 aromatic rings. The third-order valence-corrected chi connectivity index (χ3v) is 11.6. The van der Waals surface area contributed by atoms with Gasteiger partial charge in [-0.25, -0.2) is 9.59 Å². The van der Waals surface area contributed by atoms with E-state index in [4.69, 9.17) is 28.5 Å². The number of benzene rings is 2. The van der Waals surface area contributed by atoms with Crippen LogP contribution in [0.2, 0.25) is 0 Å². The lowest BCUT2D eigenvalue weighted by Crippen LogP contribution is -2.71. The summed E-state index contributed by atoms with van der Waals surface area (Å²) in [5, 5.41) is 26.5. The lowest BCUT2D eigenvalue weighted by Gasteiger charge is -2.49. The molecule has 9 atom stereocenters. The lowest BCUT2D eigenvalue weighted by atomic mass is 9.62. The standard InChI is InChI=1S/C40H45N3O13/c1-21(45)28(34(47)41-13-14-44)42-37(50)40-18-26-29-30(55-39(54-29)16-24-9-4-5-10-25(24)17-39)32(40)56-43(31(40)35(48)52-26)19-23-8-6-7-22(15-23)11-12-27(46)53-33-36(49)51-20-38(33,2)3/h4-12,15,21,26,28-33,44-45H,13-14,16-20H2,1-3H3,(H,41,47)(H,42,50)/t21-,26+,28+,29-,30-,31-,32+,33-,40-/m0/s1. The Morgan fingerprint density at radius 1 is 1.04 bits per heavy atom. The molecule has 8 rings (SSSR count). The molecule has 6 aliphatic rings. The summed E-state index contributed by atoms with van der Waals surface area (Å²) in [7, 11) is 0. The third-order valence-electron chi connectivity index (χ3n) is 11.6. The van der Waals surface area contributed by atoms with Gasteiger partial charge < -0.3 is 44.5 Å². The monoisotopic (exact) mass is 775 g/mol. The molecule has 4 saturated heterocycles. The molecular formula is C40H45N3O13. The summed E-state index contributed by atoms with van der Waals surface area (Å²) in [4.78, 5) is 73.4. The molecule has 16 nitrogen and oxygen atoms in total. The van der Waals surface area contributed by atoms with Crippen molar-refractivity contribution in [3.63, 3.8) is 0 Å². The molecule has 2 bridgehead atoms. The molecule has 0 radical (unpaired) electrons. The highest BCUT2D eigenvalue weighted by Gasteiger charge is 2.76. The van der Waals surface area contributed by atoms with Crippen LogP contribution >= 0.6 is 0 Å². The Morgan fingerprint density at radius 2 is 1.77 bits per heavy atom. The fourth-order valence-corrected chi connectivity index (χ4v) is 8.96. The molecule has 0 aromatic heterocycles. The molecule has 4 aliphatic heterocycles. The number of nitrogens with one attached hydrogen (secondary N) is 2. The van der Waals surface area contributed by atoms with E-state index in [0.29, 0.717) is 24.0 Å². The largest absolute Gasteiger partial charge is 0.462 e. The van der Waals surface area contributed by atoms with Gasteiger partial charge in [-0.3, -0.25) is 19.2 Å². The van der Waals surface area contributed by atoms with Crippen molar-refractivity contribution in [1.82, 2.24) is 15.7 Å². The maximum Gasteiger partial charge on any atom is 0.348 e. The van der Waals surface area contributed by atoms with E-state index in [1.165, 1.54) is 24.1 Å². The van der Waals surface area contributed by atoms with Crippen LogP contribution < -0.4 is 10.6 Å². The SMILES string of the molecule is C[C@H](O)[C@@H](NC(=O)[C@@]12C[C@H]3OC(=O)[C@@H]1N(Cc1cccc(C=CC(=O)O[C@H]4C(=O)OCC4(C)C)c1)O[C@@H]2[C@H]1OC2(Cc4ccccc4C2)O[C@H]13)C(=O)NCCO. The zero-order valence-corrected chi connectivity index (χ0v) is 31.2. The first-order valence-corrected chi connectivity index (χ1v) is 18.8. The second-order valence-corrected chi connectivity index (χ2v) is 16.1. The van der Waals surface area contributed by atoms with Crippen LogP contribution in [0, 0.1) is 10.8 Å². The zero-order chi connectivity index (χ0) is 39.6. The summed E-state index contributed by atoms with van der Waals surface area (Å²) in [5.41, 5.74) is 1.08. The van der Waals surface area contributed by atoms with E-state index in [1.54, 1.807) is 38.1 Å². The van der Waals surface area contributed by atoms with Crippen LogP contribution in [0.15, 0.2) is 54.6 Å². The molecule has 2 aromatic carbocycles. The van der Waals surface area contributed by atoms with Crippen LogP contribution in [-0.4, -0.2) is 119 Å².